The van der Waals surface area contributed by atoms with Crippen LogP contribution >= 0.6 is 0 Å². The molecular weight excluding hydrogens is 246 g/mol. The van der Waals surface area contributed by atoms with Crippen molar-refractivity contribution in [1.29, 1.82) is 0 Å². The lowest BCUT2D eigenvalue weighted by molar-refractivity contribution is 0.442. The van der Waals surface area contributed by atoms with E-state index in [4.69, 9.17) is 0 Å². The van der Waals surface area contributed by atoms with Crippen molar-refractivity contribution < 1.29 is 5.11 Å². The van der Waals surface area contributed by atoms with E-state index in [0.717, 1.165) is 24.9 Å². The third kappa shape index (κ3) is 4.10. The summed E-state index contributed by atoms with van der Waals surface area (Å²) < 4.78 is 0. The Morgan fingerprint density at radius 2 is 1.70 bits per heavy atom. The second-order valence-electron chi connectivity index (χ2n) is 5.11. The summed E-state index contributed by atoms with van der Waals surface area (Å²) in [4.78, 5) is 0. The van der Waals surface area contributed by atoms with Crippen molar-refractivity contribution in [3.8, 4) is 5.75 Å². The first-order chi connectivity index (χ1) is 9.81. The van der Waals surface area contributed by atoms with Gasteiger partial charge in [0.05, 0.1) is 0 Å². The highest BCUT2D eigenvalue weighted by Gasteiger charge is 2.14. The fourth-order valence-corrected chi connectivity index (χ4v) is 2.38. The molecule has 2 heteroatoms. The number of para-hydroxylation sites is 1. The molecular formula is C18H23NO. The Morgan fingerprint density at radius 3 is 2.40 bits per heavy atom. The van der Waals surface area contributed by atoms with E-state index in [1.54, 1.807) is 6.07 Å². The fraction of sp³-hybridized carbons (Fsp3) is 0.333. The van der Waals surface area contributed by atoms with Crippen LogP contribution in [0.5, 0.6) is 5.75 Å². The van der Waals surface area contributed by atoms with E-state index in [9.17, 15) is 5.11 Å². The van der Waals surface area contributed by atoms with E-state index >= 15 is 0 Å². The van der Waals surface area contributed by atoms with E-state index in [2.05, 4.69) is 36.5 Å². The topological polar surface area (TPSA) is 32.3 Å². The van der Waals surface area contributed by atoms with Gasteiger partial charge >= 0.3 is 0 Å². The zero-order valence-corrected chi connectivity index (χ0v) is 12.0. The Balaban J connectivity index is 2.14. The maximum atomic E-state index is 10.1. The molecule has 2 N–H and O–H groups in total. The summed E-state index contributed by atoms with van der Waals surface area (Å²) in [7, 11) is 0. The summed E-state index contributed by atoms with van der Waals surface area (Å²) >= 11 is 0. The summed E-state index contributed by atoms with van der Waals surface area (Å²) in [5.41, 5.74) is 2.26. The van der Waals surface area contributed by atoms with Crippen LogP contribution < -0.4 is 5.32 Å². The predicted octanol–water partition coefficient (Wildman–Crippen LogP) is 4.07. The number of phenolic OH excluding ortho intramolecular Hbond substituents is 1. The summed E-state index contributed by atoms with van der Waals surface area (Å²) in [5, 5.41) is 13.6. The molecule has 2 nitrogen and oxygen atoms in total. The van der Waals surface area contributed by atoms with Crippen molar-refractivity contribution >= 4 is 0 Å². The van der Waals surface area contributed by atoms with E-state index in [1.807, 2.05) is 24.3 Å². The van der Waals surface area contributed by atoms with Crippen LogP contribution in [0.25, 0.3) is 0 Å². The van der Waals surface area contributed by atoms with Gasteiger partial charge in [-0.3, -0.25) is 0 Å². The molecule has 2 aromatic rings. The number of hydrogen-bond acceptors (Lipinski definition) is 2. The van der Waals surface area contributed by atoms with Crippen molar-refractivity contribution in [1.82, 2.24) is 5.32 Å². The highest BCUT2D eigenvalue weighted by Crippen LogP contribution is 2.26. The summed E-state index contributed by atoms with van der Waals surface area (Å²) in [5.74, 6) is 0.373. The zero-order chi connectivity index (χ0) is 14.2. The van der Waals surface area contributed by atoms with E-state index in [-0.39, 0.29) is 6.04 Å². The van der Waals surface area contributed by atoms with Crippen LogP contribution in [-0.4, -0.2) is 11.7 Å². The molecule has 1 atom stereocenters. The fourth-order valence-electron chi connectivity index (χ4n) is 2.38. The van der Waals surface area contributed by atoms with Gasteiger partial charge in [0, 0.05) is 11.6 Å². The van der Waals surface area contributed by atoms with Crippen LogP contribution in [0.4, 0.5) is 0 Å². The molecule has 2 rings (SSSR count). The van der Waals surface area contributed by atoms with Crippen LogP contribution in [0.15, 0.2) is 54.6 Å². The zero-order valence-electron chi connectivity index (χ0n) is 12.0. The van der Waals surface area contributed by atoms with Gasteiger partial charge in [-0.25, -0.2) is 0 Å². The van der Waals surface area contributed by atoms with Crippen molar-refractivity contribution in [3.63, 3.8) is 0 Å². The summed E-state index contributed by atoms with van der Waals surface area (Å²) in [6.45, 7) is 3.16. The first-order valence-corrected chi connectivity index (χ1v) is 7.36. The lowest BCUT2D eigenvalue weighted by atomic mass is 9.98. The van der Waals surface area contributed by atoms with E-state index in [1.165, 1.54) is 12.0 Å². The monoisotopic (exact) mass is 269 g/mol. The lowest BCUT2D eigenvalue weighted by Crippen LogP contribution is -2.24. The Kier molecular flexibility index (Phi) is 5.63. The van der Waals surface area contributed by atoms with Crippen molar-refractivity contribution in [3.05, 3.63) is 65.7 Å². The van der Waals surface area contributed by atoms with Gasteiger partial charge < -0.3 is 10.4 Å². The third-order valence-electron chi connectivity index (χ3n) is 3.52. The second-order valence-corrected chi connectivity index (χ2v) is 5.11. The third-order valence-corrected chi connectivity index (χ3v) is 3.52. The molecule has 0 aliphatic heterocycles. The maximum absolute atomic E-state index is 10.1. The Morgan fingerprint density at radius 1 is 1.00 bits per heavy atom. The minimum Gasteiger partial charge on any atom is -0.508 e. The second kappa shape index (κ2) is 7.71. The molecule has 2 aromatic carbocycles. The summed E-state index contributed by atoms with van der Waals surface area (Å²) in [6.07, 6.45) is 3.22. The van der Waals surface area contributed by atoms with Crippen LogP contribution in [0, 0.1) is 0 Å². The standard InChI is InChI=1S/C18H23NO/c1-2-3-13-19-17(14-15-9-5-4-6-10-15)16-11-7-8-12-18(16)20/h4-12,17,19-20H,2-3,13-14H2,1H3/t17-/m1/s1. The number of rotatable bonds is 7. The van der Waals surface area contributed by atoms with Crippen LogP contribution in [0.2, 0.25) is 0 Å². The summed E-state index contributed by atoms with van der Waals surface area (Å²) in [6, 6.07) is 18.2. The maximum Gasteiger partial charge on any atom is 0.120 e. The first kappa shape index (κ1) is 14.6. The van der Waals surface area contributed by atoms with Gasteiger partial charge in [0.15, 0.2) is 0 Å². The highest BCUT2D eigenvalue weighted by molar-refractivity contribution is 5.35. The molecule has 0 spiro atoms. The predicted molar refractivity (Wildman–Crippen MR) is 83.9 cm³/mol. The highest BCUT2D eigenvalue weighted by atomic mass is 16.3. The normalized spacial score (nSPS) is 12.2. The van der Waals surface area contributed by atoms with Gasteiger partial charge in [-0.2, -0.15) is 0 Å². The minimum absolute atomic E-state index is 0.158. The van der Waals surface area contributed by atoms with Crippen molar-refractivity contribution in [2.45, 2.75) is 32.2 Å². The van der Waals surface area contributed by atoms with Crippen LogP contribution in [0.3, 0.4) is 0 Å². The molecule has 0 saturated heterocycles. The van der Waals surface area contributed by atoms with Crippen molar-refractivity contribution in [2.75, 3.05) is 6.54 Å². The molecule has 0 aliphatic rings. The Hall–Kier alpha value is -1.80. The minimum atomic E-state index is 0.158. The van der Waals surface area contributed by atoms with Gasteiger partial charge in [-0.15, -0.1) is 0 Å². The van der Waals surface area contributed by atoms with Gasteiger partial charge in [0.2, 0.25) is 0 Å². The molecule has 0 bridgehead atoms. The molecule has 0 amide bonds. The Labute approximate surface area is 121 Å². The lowest BCUT2D eigenvalue weighted by Gasteiger charge is -2.20. The molecule has 0 aliphatic carbocycles. The molecule has 0 fully saturated rings. The van der Waals surface area contributed by atoms with E-state index < -0.39 is 0 Å². The Bertz CT molecular complexity index is 510. The van der Waals surface area contributed by atoms with Gasteiger partial charge in [0.25, 0.3) is 0 Å². The van der Waals surface area contributed by atoms with Crippen molar-refractivity contribution in [2.24, 2.45) is 0 Å². The average molecular weight is 269 g/mol. The number of benzene rings is 2. The molecule has 0 unspecified atom stereocenters. The molecule has 106 valence electrons. The molecule has 0 aromatic heterocycles. The number of aromatic hydroxyl groups is 1. The van der Waals surface area contributed by atoms with Crippen LogP contribution in [-0.2, 0) is 6.42 Å². The number of nitrogens with one attached hydrogen (secondary N) is 1. The van der Waals surface area contributed by atoms with Crippen LogP contribution in [0.1, 0.15) is 36.9 Å². The van der Waals surface area contributed by atoms with Gasteiger partial charge in [0.1, 0.15) is 5.75 Å². The average Bonchev–Trinajstić information content (AvgIpc) is 2.48. The SMILES string of the molecule is CCCCN[C@H](Cc1ccccc1)c1ccccc1O. The quantitative estimate of drug-likeness (QED) is 0.743. The number of unbranched alkanes of at least 4 members (excludes halogenated alkanes) is 1. The molecule has 0 radical (unpaired) electrons. The molecule has 0 saturated carbocycles. The van der Waals surface area contributed by atoms with E-state index in [0.29, 0.717) is 5.75 Å². The largest absolute Gasteiger partial charge is 0.508 e. The molecule has 20 heavy (non-hydrogen) atoms. The first-order valence-electron chi connectivity index (χ1n) is 7.36. The van der Waals surface area contributed by atoms with Gasteiger partial charge in [-0.1, -0.05) is 61.9 Å². The van der Waals surface area contributed by atoms with Gasteiger partial charge in [-0.05, 0) is 31.0 Å². The number of phenols is 1. The number of hydrogen-bond donors (Lipinski definition) is 2. The smallest absolute Gasteiger partial charge is 0.120 e. The molecule has 0 heterocycles.